The number of hydrogen-bond donors (Lipinski definition) is 4. The fourth-order valence-electron chi connectivity index (χ4n) is 2.16. The van der Waals surface area contributed by atoms with Crippen molar-refractivity contribution < 1.29 is 24.6 Å². The fraction of sp³-hybridized carbons (Fsp3) is 0.158. The number of anilines is 1. The van der Waals surface area contributed by atoms with E-state index in [1.165, 1.54) is 12.1 Å². The first kappa shape index (κ1) is 19.6. The van der Waals surface area contributed by atoms with Gasteiger partial charge in [0.15, 0.2) is 0 Å². The minimum absolute atomic E-state index is 0.101. The summed E-state index contributed by atoms with van der Waals surface area (Å²) < 4.78 is 0. The van der Waals surface area contributed by atoms with Crippen LogP contribution in [0.2, 0.25) is 0 Å². The summed E-state index contributed by atoms with van der Waals surface area (Å²) in [7, 11) is 0. The van der Waals surface area contributed by atoms with Gasteiger partial charge in [-0.3, -0.25) is 14.4 Å². The molecule has 0 atom stereocenters. The number of benzene rings is 2. The number of aliphatic carboxylic acids is 1. The Bertz CT molecular complexity index is 875. The first-order valence-electron chi connectivity index (χ1n) is 8.11. The van der Waals surface area contributed by atoms with Crippen molar-refractivity contribution in [2.24, 2.45) is 5.10 Å². The van der Waals surface area contributed by atoms with Crippen molar-refractivity contribution in [3.05, 3.63) is 59.7 Å². The van der Waals surface area contributed by atoms with Crippen LogP contribution in [0.4, 0.5) is 5.69 Å². The molecule has 0 fully saturated rings. The summed E-state index contributed by atoms with van der Waals surface area (Å²) in [5, 5.41) is 24.8. The molecule has 2 aromatic carbocycles. The van der Waals surface area contributed by atoms with Crippen LogP contribution in [0.3, 0.4) is 0 Å². The number of nitrogens with one attached hydrogen (secondary N) is 2. The molecule has 0 aliphatic heterocycles. The lowest BCUT2D eigenvalue weighted by molar-refractivity contribution is -0.138. The molecule has 0 saturated carbocycles. The van der Waals surface area contributed by atoms with Crippen LogP contribution < -0.4 is 10.7 Å². The molecule has 2 aromatic rings. The predicted octanol–water partition coefficient (Wildman–Crippen LogP) is 2.35. The van der Waals surface area contributed by atoms with Gasteiger partial charge in [-0.1, -0.05) is 24.3 Å². The molecule has 27 heavy (non-hydrogen) atoms. The highest BCUT2D eigenvalue weighted by atomic mass is 16.4. The van der Waals surface area contributed by atoms with E-state index in [1.807, 2.05) is 0 Å². The highest BCUT2D eigenvalue weighted by Crippen LogP contribution is 2.15. The quantitative estimate of drug-likeness (QED) is 0.440. The van der Waals surface area contributed by atoms with Crippen LogP contribution in [0.15, 0.2) is 53.6 Å². The van der Waals surface area contributed by atoms with Crippen LogP contribution in [0, 0.1) is 0 Å². The molecule has 0 saturated heterocycles. The molecule has 8 heteroatoms. The maximum absolute atomic E-state index is 12.0. The number of amides is 2. The molecule has 0 heterocycles. The number of carboxylic acid groups (broad SMARTS) is 1. The second kappa shape index (κ2) is 9.14. The van der Waals surface area contributed by atoms with Crippen molar-refractivity contribution in [3.63, 3.8) is 0 Å². The van der Waals surface area contributed by atoms with E-state index in [2.05, 4.69) is 15.8 Å². The van der Waals surface area contributed by atoms with Crippen molar-refractivity contribution in [2.45, 2.75) is 19.8 Å². The van der Waals surface area contributed by atoms with Gasteiger partial charge in [-0.25, -0.2) is 5.43 Å². The van der Waals surface area contributed by atoms with Gasteiger partial charge in [-0.2, -0.15) is 5.10 Å². The highest BCUT2D eigenvalue weighted by Gasteiger charge is 2.10. The number of carbonyl (C=O) groups excluding carboxylic acids is 2. The number of phenolic OH excluding ortho intramolecular Hbond substituents is 1. The summed E-state index contributed by atoms with van der Waals surface area (Å²) in [5.74, 6) is -2.08. The Kier molecular flexibility index (Phi) is 6.65. The molecular weight excluding hydrogens is 350 g/mol. The average molecular weight is 369 g/mol. The van der Waals surface area contributed by atoms with Crippen molar-refractivity contribution in [1.82, 2.24) is 5.43 Å². The number of hydrazone groups is 1. The molecule has 0 aliphatic rings. The van der Waals surface area contributed by atoms with Crippen molar-refractivity contribution in [1.29, 1.82) is 0 Å². The molecule has 4 N–H and O–H groups in total. The molecule has 2 amide bonds. The van der Waals surface area contributed by atoms with Gasteiger partial charge in [0.05, 0.1) is 17.7 Å². The second-order valence-corrected chi connectivity index (χ2v) is 5.67. The third kappa shape index (κ3) is 5.96. The Morgan fingerprint density at radius 1 is 1.00 bits per heavy atom. The summed E-state index contributed by atoms with van der Waals surface area (Å²) in [6.45, 7) is 1.70. The van der Waals surface area contributed by atoms with E-state index in [4.69, 9.17) is 5.11 Å². The molecule has 0 bridgehead atoms. The number of phenols is 1. The zero-order valence-corrected chi connectivity index (χ0v) is 14.6. The molecule has 0 unspecified atom stereocenters. The van der Waals surface area contributed by atoms with Gasteiger partial charge in [-0.05, 0) is 36.8 Å². The first-order valence-corrected chi connectivity index (χ1v) is 8.11. The van der Waals surface area contributed by atoms with Crippen LogP contribution in [0.5, 0.6) is 5.75 Å². The van der Waals surface area contributed by atoms with Gasteiger partial charge in [-0.15, -0.1) is 0 Å². The van der Waals surface area contributed by atoms with Gasteiger partial charge in [0.1, 0.15) is 5.75 Å². The van der Waals surface area contributed by atoms with Crippen LogP contribution in [-0.4, -0.2) is 33.7 Å². The SMILES string of the molecule is C/C(=N/NC(=O)c1ccccc1O)c1ccc(NC(=O)CCC(=O)O)cc1. The number of nitrogens with zero attached hydrogens (tertiary/aromatic N) is 1. The predicted molar refractivity (Wildman–Crippen MR) is 99.7 cm³/mol. The van der Waals surface area contributed by atoms with E-state index in [-0.39, 0.29) is 30.1 Å². The third-order valence-corrected chi connectivity index (χ3v) is 3.63. The second-order valence-electron chi connectivity index (χ2n) is 5.67. The first-order chi connectivity index (χ1) is 12.9. The molecule has 8 nitrogen and oxygen atoms in total. The van der Waals surface area contributed by atoms with Crippen LogP contribution in [0.25, 0.3) is 0 Å². The molecule has 2 rings (SSSR count). The van der Waals surface area contributed by atoms with Crippen LogP contribution in [-0.2, 0) is 9.59 Å². The summed E-state index contributed by atoms with van der Waals surface area (Å²) >= 11 is 0. The van der Waals surface area contributed by atoms with Gasteiger partial charge >= 0.3 is 5.97 Å². The molecule has 0 spiro atoms. The van der Waals surface area contributed by atoms with E-state index in [1.54, 1.807) is 43.3 Å². The maximum atomic E-state index is 12.0. The molecular formula is C19H19N3O5. The Labute approximate surface area is 155 Å². The molecule has 0 radical (unpaired) electrons. The van der Waals surface area contributed by atoms with Crippen molar-refractivity contribution in [2.75, 3.05) is 5.32 Å². The maximum Gasteiger partial charge on any atom is 0.303 e. The van der Waals surface area contributed by atoms with Gasteiger partial charge < -0.3 is 15.5 Å². The molecule has 0 aromatic heterocycles. The lowest BCUT2D eigenvalue weighted by Crippen LogP contribution is -2.19. The van der Waals surface area contributed by atoms with E-state index in [0.29, 0.717) is 11.4 Å². The average Bonchev–Trinajstić information content (AvgIpc) is 2.65. The summed E-state index contributed by atoms with van der Waals surface area (Å²) in [4.78, 5) is 34.1. The molecule has 140 valence electrons. The smallest absolute Gasteiger partial charge is 0.303 e. The Morgan fingerprint density at radius 3 is 2.30 bits per heavy atom. The van der Waals surface area contributed by atoms with Crippen LogP contribution in [0.1, 0.15) is 35.7 Å². The number of hydrogen-bond acceptors (Lipinski definition) is 5. The summed E-state index contributed by atoms with van der Waals surface area (Å²) in [5.41, 5.74) is 4.27. The zero-order valence-electron chi connectivity index (χ0n) is 14.6. The number of carbonyl (C=O) groups is 3. The fourth-order valence-corrected chi connectivity index (χ4v) is 2.16. The van der Waals surface area contributed by atoms with Crippen molar-refractivity contribution >= 4 is 29.2 Å². The Morgan fingerprint density at radius 2 is 1.67 bits per heavy atom. The number of para-hydroxylation sites is 1. The monoisotopic (exact) mass is 369 g/mol. The Balaban J connectivity index is 1.96. The normalized spacial score (nSPS) is 10.9. The largest absolute Gasteiger partial charge is 0.507 e. The highest BCUT2D eigenvalue weighted by molar-refractivity contribution is 6.02. The number of rotatable bonds is 7. The van der Waals surface area contributed by atoms with Gasteiger partial charge in [0.25, 0.3) is 5.91 Å². The topological polar surface area (TPSA) is 128 Å². The number of aromatic hydroxyl groups is 1. The lowest BCUT2D eigenvalue weighted by atomic mass is 10.1. The summed E-state index contributed by atoms with van der Waals surface area (Å²) in [6, 6.07) is 12.9. The van der Waals surface area contributed by atoms with E-state index >= 15 is 0 Å². The van der Waals surface area contributed by atoms with Gasteiger partial charge in [0, 0.05) is 12.1 Å². The summed E-state index contributed by atoms with van der Waals surface area (Å²) in [6.07, 6.45) is -0.331. The minimum atomic E-state index is -1.03. The Hall–Kier alpha value is -3.68. The lowest BCUT2D eigenvalue weighted by Gasteiger charge is -2.07. The standard InChI is InChI=1S/C19H19N3O5/c1-12(21-22-19(27)15-4-2-3-5-16(15)23)13-6-8-14(9-7-13)20-17(24)10-11-18(25)26/h2-9,23H,10-11H2,1H3,(H,20,24)(H,22,27)(H,25,26)/b21-12-. The zero-order chi connectivity index (χ0) is 19.8. The van der Waals surface area contributed by atoms with E-state index in [9.17, 15) is 19.5 Å². The molecule has 0 aliphatic carbocycles. The van der Waals surface area contributed by atoms with Crippen molar-refractivity contribution in [3.8, 4) is 5.75 Å². The van der Waals surface area contributed by atoms with Crippen LogP contribution >= 0.6 is 0 Å². The van der Waals surface area contributed by atoms with E-state index < -0.39 is 11.9 Å². The number of carboxylic acids is 1. The third-order valence-electron chi connectivity index (χ3n) is 3.63. The minimum Gasteiger partial charge on any atom is -0.507 e. The van der Waals surface area contributed by atoms with E-state index in [0.717, 1.165) is 5.56 Å². The van der Waals surface area contributed by atoms with Gasteiger partial charge in [0.2, 0.25) is 5.91 Å².